The highest BCUT2D eigenvalue weighted by Gasteiger charge is 2.55. The summed E-state index contributed by atoms with van der Waals surface area (Å²) in [5, 5.41) is 2.71. The maximum atomic E-state index is 2.63. The minimum Gasteiger partial charge on any atom is -0.309 e. The minimum atomic E-state index is -0.298. The Morgan fingerprint density at radius 1 is 0.458 bits per heavy atom. The number of anilines is 3. The Balaban J connectivity index is 1.22. The molecule has 0 N–H and O–H groups in total. The summed E-state index contributed by atoms with van der Waals surface area (Å²) in [5.41, 5.74) is 20.0. The highest BCUT2D eigenvalue weighted by atomic mass is 32.1. The molecular formula is C46H29NS. The third-order valence-corrected chi connectivity index (χ3v) is 13.4. The second-order valence-corrected chi connectivity index (χ2v) is 15.4. The molecule has 2 heteroatoms. The van der Waals surface area contributed by atoms with E-state index in [0.717, 1.165) is 0 Å². The van der Waals surface area contributed by atoms with Crippen LogP contribution < -0.4 is 4.90 Å². The lowest BCUT2D eigenvalue weighted by Gasteiger charge is -2.49. The molecule has 12 rings (SSSR count). The van der Waals surface area contributed by atoms with Gasteiger partial charge in [-0.3, -0.25) is 0 Å². The lowest BCUT2D eigenvalue weighted by Crippen LogP contribution is -2.39. The Kier molecular flexibility index (Phi) is 4.45. The van der Waals surface area contributed by atoms with E-state index in [1.165, 1.54) is 104 Å². The summed E-state index contributed by atoms with van der Waals surface area (Å²) >= 11 is 1.89. The van der Waals surface area contributed by atoms with Gasteiger partial charge in [0.1, 0.15) is 0 Å². The van der Waals surface area contributed by atoms with E-state index >= 15 is 0 Å². The van der Waals surface area contributed by atoms with Crippen molar-refractivity contribution in [2.75, 3.05) is 4.90 Å². The van der Waals surface area contributed by atoms with Crippen molar-refractivity contribution in [3.05, 3.63) is 173 Å². The van der Waals surface area contributed by atoms with Crippen molar-refractivity contribution in [2.24, 2.45) is 0 Å². The van der Waals surface area contributed by atoms with Crippen molar-refractivity contribution in [1.82, 2.24) is 0 Å². The lowest BCUT2D eigenvalue weighted by molar-refractivity contribution is 0.664. The van der Waals surface area contributed by atoms with Crippen LogP contribution in [0.4, 0.5) is 17.1 Å². The van der Waals surface area contributed by atoms with Crippen molar-refractivity contribution in [3.63, 3.8) is 0 Å². The molecule has 2 atom stereocenters. The average molecular weight is 628 g/mol. The van der Waals surface area contributed by atoms with Crippen LogP contribution in [0.3, 0.4) is 0 Å². The van der Waals surface area contributed by atoms with Gasteiger partial charge in [0.15, 0.2) is 0 Å². The molecule has 4 aliphatic rings. The number of rotatable bonds is 1. The van der Waals surface area contributed by atoms with Gasteiger partial charge >= 0.3 is 0 Å². The van der Waals surface area contributed by atoms with E-state index in [9.17, 15) is 0 Å². The molecule has 224 valence electrons. The van der Waals surface area contributed by atoms with Gasteiger partial charge in [-0.15, -0.1) is 11.3 Å². The molecule has 2 aliphatic heterocycles. The molecule has 1 aromatic heterocycles. The van der Waals surface area contributed by atoms with Gasteiger partial charge in [-0.1, -0.05) is 109 Å². The number of fused-ring (bicyclic) bond motifs is 14. The van der Waals surface area contributed by atoms with Crippen LogP contribution in [0.1, 0.15) is 47.2 Å². The number of nitrogens with zero attached hydrogens (tertiary/aromatic N) is 1. The van der Waals surface area contributed by atoms with Gasteiger partial charge in [-0.25, -0.2) is 0 Å². The summed E-state index contributed by atoms with van der Waals surface area (Å²) in [7, 11) is 0. The van der Waals surface area contributed by atoms with E-state index < -0.39 is 0 Å². The van der Waals surface area contributed by atoms with E-state index in [2.05, 4.69) is 158 Å². The van der Waals surface area contributed by atoms with Crippen LogP contribution in [-0.2, 0) is 10.8 Å². The normalized spacial score (nSPS) is 20.0. The van der Waals surface area contributed by atoms with Crippen molar-refractivity contribution in [1.29, 1.82) is 0 Å². The largest absolute Gasteiger partial charge is 0.309 e. The fraction of sp³-hybridized carbons (Fsp3) is 0.0870. The van der Waals surface area contributed by atoms with Crippen LogP contribution in [0.25, 0.3) is 53.6 Å². The summed E-state index contributed by atoms with van der Waals surface area (Å²) < 4.78 is 2.69. The summed E-state index contributed by atoms with van der Waals surface area (Å²) in [6, 6.07) is 53.1. The number of hydrogen-bond acceptors (Lipinski definition) is 2. The summed E-state index contributed by atoms with van der Waals surface area (Å²) in [6.45, 7) is 4.97. The monoisotopic (exact) mass is 627 g/mol. The molecule has 0 spiro atoms. The zero-order valence-corrected chi connectivity index (χ0v) is 27.5. The van der Waals surface area contributed by atoms with Gasteiger partial charge in [0.2, 0.25) is 0 Å². The van der Waals surface area contributed by atoms with Crippen LogP contribution in [0.2, 0.25) is 0 Å². The molecule has 3 heterocycles. The number of hydrogen-bond donors (Lipinski definition) is 0. The first-order valence-electron chi connectivity index (χ1n) is 16.9. The zero-order chi connectivity index (χ0) is 31.5. The molecule has 8 aromatic rings. The third kappa shape index (κ3) is 2.69. The van der Waals surface area contributed by atoms with E-state index in [0.29, 0.717) is 0 Å². The molecular weight excluding hydrogens is 599 g/mol. The first-order valence-corrected chi connectivity index (χ1v) is 17.8. The maximum Gasteiger partial charge on any atom is 0.0556 e. The first kappa shape index (κ1) is 25.6. The van der Waals surface area contributed by atoms with Crippen molar-refractivity contribution >= 4 is 48.6 Å². The Morgan fingerprint density at radius 3 is 1.94 bits per heavy atom. The third-order valence-electron chi connectivity index (χ3n) is 12.2. The van der Waals surface area contributed by atoms with E-state index in [4.69, 9.17) is 0 Å². The zero-order valence-electron chi connectivity index (χ0n) is 26.6. The lowest BCUT2D eigenvalue weighted by atomic mass is 9.64. The molecule has 0 bridgehead atoms. The van der Waals surface area contributed by atoms with Crippen LogP contribution in [-0.4, -0.2) is 0 Å². The molecule has 0 saturated heterocycles. The molecule has 0 fully saturated rings. The van der Waals surface area contributed by atoms with Crippen LogP contribution >= 0.6 is 11.3 Å². The Hall–Kier alpha value is -5.44. The second kappa shape index (κ2) is 8.34. The highest BCUT2D eigenvalue weighted by Crippen LogP contribution is 2.70. The highest BCUT2D eigenvalue weighted by molar-refractivity contribution is 7.25. The fourth-order valence-corrected chi connectivity index (χ4v) is 11.4. The quantitative estimate of drug-likeness (QED) is 0.175. The molecule has 1 nitrogen and oxygen atoms in total. The molecule has 2 unspecified atom stereocenters. The second-order valence-electron chi connectivity index (χ2n) is 14.3. The molecule has 48 heavy (non-hydrogen) atoms. The molecule has 0 saturated carbocycles. The standard InChI is InChI=1S/C46H29NS/c1-45-33-16-6-3-11-28(33)30-15-9-18-38(42(30)45)47-37-24-21-26(27-14-10-20-40-41(27)32-13-5-8-19-39(32)48-40)25-36(37)46(2)34-17-7-4-12-29(34)31-22-23-35(45)44(47)43(31)46/h3-25H,1-2H3. The fourth-order valence-electron chi connectivity index (χ4n) is 10.3. The maximum absolute atomic E-state index is 2.63. The van der Waals surface area contributed by atoms with Gasteiger partial charge in [0.25, 0.3) is 0 Å². The van der Waals surface area contributed by atoms with Gasteiger partial charge in [0, 0.05) is 31.0 Å². The molecule has 2 aliphatic carbocycles. The molecule has 7 aromatic carbocycles. The SMILES string of the molecule is CC12c3ccccc3-c3cccc(c31)N1c3ccc(-c4cccc5sc6ccccc6c45)cc3C3(C)c4ccccc4-c4ccc2c1c43. The van der Waals surface area contributed by atoms with Crippen molar-refractivity contribution < 1.29 is 0 Å². The molecule has 0 radical (unpaired) electrons. The number of thiophene rings is 1. The predicted molar refractivity (Wildman–Crippen MR) is 201 cm³/mol. The van der Waals surface area contributed by atoms with Crippen molar-refractivity contribution in [2.45, 2.75) is 24.7 Å². The van der Waals surface area contributed by atoms with E-state index in [-0.39, 0.29) is 10.8 Å². The Bertz CT molecular complexity index is 2780. The molecule has 0 amide bonds. The van der Waals surface area contributed by atoms with Gasteiger partial charge in [-0.05, 0) is 111 Å². The Labute approximate surface area is 283 Å². The van der Waals surface area contributed by atoms with Crippen LogP contribution in [0, 0.1) is 0 Å². The van der Waals surface area contributed by atoms with Gasteiger partial charge in [0.05, 0.1) is 17.1 Å². The minimum absolute atomic E-state index is 0.230. The summed E-state index contributed by atoms with van der Waals surface area (Å²) in [4.78, 5) is 2.63. The average Bonchev–Trinajstić information content (AvgIpc) is 3.74. The van der Waals surface area contributed by atoms with Gasteiger partial charge < -0.3 is 4.90 Å². The van der Waals surface area contributed by atoms with Crippen molar-refractivity contribution in [3.8, 4) is 33.4 Å². The summed E-state index contributed by atoms with van der Waals surface area (Å²) in [5.74, 6) is 0. The van der Waals surface area contributed by atoms with Crippen LogP contribution in [0.15, 0.2) is 140 Å². The van der Waals surface area contributed by atoms with Crippen LogP contribution in [0.5, 0.6) is 0 Å². The number of benzene rings is 7. The topological polar surface area (TPSA) is 3.24 Å². The van der Waals surface area contributed by atoms with Gasteiger partial charge in [-0.2, -0.15) is 0 Å². The van der Waals surface area contributed by atoms with E-state index in [1.807, 2.05) is 11.3 Å². The van der Waals surface area contributed by atoms with E-state index in [1.54, 1.807) is 0 Å². The first-order chi connectivity index (χ1) is 23.6. The summed E-state index contributed by atoms with van der Waals surface area (Å²) in [6.07, 6.45) is 0. The smallest absolute Gasteiger partial charge is 0.0556 e. The Morgan fingerprint density at radius 2 is 1.10 bits per heavy atom. The predicted octanol–water partition coefficient (Wildman–Crippen LogP) is 12.5.